The number of rotatable bonds is 15. The van der Waals surface area contributed by atoms with Crippen molar-refractivity contribution in [1.82, 2.24) is 15.1 Å². The Labute approximate surface area is 152 Å². The summed E-state index contributed by atoms with van der Waals surface area (Å²) in [6.45, 7) is 19.6. The van der Waals surface area contributed by atoms with E-state index < -0.39 is 0 Å². The van der Waals surface area contributed by atoms with Crippen molar-refractivity contribution < 1.29 is 0 Å². The van der Waals surface area contributed by atoms with Crippen molar-refractivity contribution in [2.75, 3.05) is 39.8 Å². The molecule has 144 valence electrons. The normalized spacial score (nSPS) is 16.2. The van der Waals surface area contributed by atoms with Gasteiger partial charge in [0, 0.05) is 25.2 Å². The van der Waals surface area contributed by atoms with Crippen LogP contribution in [0.25, 0.3) is 0 Å². The molecule has 0 spiro atoms. The predicted octanol–water partition coefficient (Wildman–Crippen LogP) is 4.40. The van der Waals surface area contributed by atoms with E-state index in [2.05, 4.69) is 75.9 Å². The van der Waals surface area contributed by atoms with Gasteiger partial charge >= 0.3 is 0 Å². The Balaban J connectivity index is 4.13. The highest BCUT2D eigenvalue weighted by molar-refractivity contribution is 4.87. The van der Waals surface area contributed by atoms with Crippen molar-refractivity contribution in [3.05, 3.63) is 12.2 Å². The number of hydrogen-bond acceptors (Lipinski definition) is 3. The van der Waals surface area contributed by atoms with Crippen molar-refractivity contribution in [3.8, 4) is 0 Å². The Morgan fingerprint density at radius 3 is 2.25 bits per heavy atom. The van der Waals surface area contributed by atoms with Gasteiger partial charge in [0.2, 0.25) is 0 Å². The highest BCUT2D eigenvalue weighted by atomic mass is 15.2. The third kappa shape index (κ3) is 11.2. The lowest BCUT2D eigenvalue weighted by atomic mass is 10.0. The average Bonchev–Trinajstić information content (AvgIpc) is 2.57. The second-order valence-electron chi connectivity index (χ2n) is 7.40. The average molecular weight is 340 g/mol. The number of hydrogen-bond donors (Lipinski definition) is 1. The van der Waals surface area contributed by atoms with Gasteiger partial charge < -0.3 is 10.2 Å². The molecule has 0 bridgehead atoms. The summed E-state index contributed by atoms with van der Waals surface area (Å²) in [4.78, 5) is 5.15. The van der Waals surface area contributed by atoms with Gasteiger partial charge in [-0.1, -0.05) is 39.8 Å². The van der Waals surface area contributed by atoms with Crippen LogP contribution in [0.3, 0.4) is 0 Å². The van der Waals surface area contributed by atoms with E-state index in [1.54, 1.807) is 0 Å². The maximum Gasteiger partial charge on any atom is 0.0112 e. The Morgan fingerprint density at radius 2 is 1.67 bits per heavy atom. The van der Waals surface area contributed by atoms with Gasteiger partial charge in [0.05, 0.1) is 0 Å². The van der Waals surface area contributed by atoms with Gasteiger partial charge in [-0.05, 0) is 72.1 Å². The van der Waals surface area contributed by atoms with Crippen molar-refractivity contribution in [3.63, 3.8) is 0 Å². The monoisotopic (exact) mass is 339 g/mol. The molecule has 0 radical (unpaired) electrons. The molecule has 0 saturated heterocycles. The molecule has 0 aliphatic rings. The molecule has 0 saturated carbocycles. The predicted molar refractivity (Wildman–Crippen MR) is 110 cm³/mol. The number of likely N-dealkylation sites (N-methyl/N-ethyl adjacent to an activating group) is 2. The molecule has 3 unspecified atom stereocenters. The maximum atomic E-state index is 3.52. The van der Waals surface area contributed by atoms with Crippen LogP contribution >= 0.6 is 0 Å². The standard InChI is InChI=1S/C21H45N3/c1-8-11-12-19(4)18-21(6)23(7)16-17-24(10-3)20(5)13-15-22-14-9-2/h11-12,19-22H,8-10,13-18H2,1-7H3/b12-11+. The van der Waals surface area contributed by atoms with E-state index >= 15 is 0 Å². The Hall–Kier alpha value is -0.380. The first-order valence-corrected chi connectivity index (χ1v) is 10.3. The molecule has 0 aliphatic heterocycles. The molecule has 0 aromatic rings. The first-order chi connectivity index (χ1) is 11.5. The van der Waals surface area contributed by atoms with E-state index in [1.165, 1.54) is 25.8 Å². The van der Waals surface area contributed by atoms with E-state index in [4.69, 9.17) is 0 Å². The van der Waals surface area contributed by atoms with Crippen LogP contribution in [-0.4, -0.2) is 61.7 Å². The van der Waals surface area contributed by atoms with Crippen LogP contribution in [0.2, 0.25) is 0 Å². The molecule has 0 heterocycles. The zero-order valence-corrected chi connectivity index (χ0v) is 17.6. The van der Waals surface area contributed by atoms with E-state index in [9.17, 15) is 0 Å². The number of nitrogens with one attached hydrogen (secondary N) is 1. The molecular formula is C21H45N3. The van der Waals surface area contributed by atoms with Crippen LogP contribution in [-0.2, 0) is 0 Å². The van der Waals surface area contributed by atoms with E-state index in [0.29, 0.717) is 18.0 Å². The lowest BCUT2D eigenvalue weighted by Gasteiger charge is -2.32. The van der Waals surface area contributed by atoms with Crippen LogP contribution in [0.4, 0.5) is 0 Å². The summed E-state index contributed by atoms with van der Waals surface area (Å²) in [5.74, 6) is 0.674. The highest BCUT2D eigenvalue weighted by Gasteiger charge is 2.15. The molecule has 0 amide bonds. The molecule has 3 nitrogen and oxygen atoms in total. The summed E-state index contributed by atoms with van der Waals surface area (Å²) in [5.41, 5.74) is 0. The third-order valence-corrected chi connectivity index (χ3v) is 5.10. The summed E-state index contributed by atoms with van der Waals surface area (Å²) in [7, 11) is 2.28. The molecular weight excluding hydrogens is 294 g/mol. The van der Waals surface area contributed by atoms with E-state index in [1.807, 2.05) is 0 Å². The van der Waals surface area contributed by atoms with Gasteiger partial charge in [-0.2, -0.15) is 0 Å². The summed E-state index contributed by atoms with van der Waals surface area (Å²) >= 11 is 0. The molecule has 0 aliphatic carbocycles. The Morgan fingerprint density at radius 1 is 0.958 bits per heavy atom. The van der Waals surface area contributed by atoms with Crippen molar-refractivity contribution >= 4 is 0 Å². The summed E-state index contributed by atoms with van der Waals surface area (Å²) in [6.07, 6.45) is 9.52. The molecule has 3 atom stereocenters. The van der Waals surface area contributed by atoms with Gasteiger partial charge in [0.1, 0.15) is 0 Å². The van der Waals surface area contributed by atoms with Crippen LogP contribution in [0.5, 0.6) is 0 Å². The minimum atomic E-state index is 0.640. The number of nitrogens with zero attached hydrogens (tertiary/aromatic N) is 2. The first kappa shape index (κ1) is 23.6. The zero-order chi connectivity index (χ0) is 18.4. The van der Waals surface area contributed by atoms with Crippen LogP contribution < -0.4 is 5.32 Å². The Kier molecular flexibility index (Phi) is 14.7. The van der Waals surface area contributed by atoms with E-state index in [-0.39, 0.29) is 0 Å². The van der Waals surface area contributed by atoms with Gasteiger partial charge in [-0.3, -0.25) is 4.90 Å². The second-order valence-corrected chi connectivity index (χ2v) is 7.40. The first-order valence-electron chi connectivity index (χ1n) is 10.3. The number of allylic oxidation sites excluding steroid dienone is 2. The lowest BCUT2D eigenvalue weighted by Crippen LogP contribution is -2.42. The van der Waals surface area contributed by atoms with Gasteiger partial charge in [0.15, 0.2) is 0 Å². The zero-order valence-electron chi connectivity index (χ0n) is 17.6. The second kappa shape index (κ2) is 14.9. The minimum absolute atomic E-state index is 0.640. The third-order valence-electron chi connectivity index (χ3n) is 5.10. The summed E-state index contributed by atoms with van der Waals surface area (Å²) in [5, 5.41) is 3.52. The van der Waals surface area contributed by atoms with Gasteiger partial charge in [-0.15, -0.1) is 0 Å². The molecule has 24 heavy (non-hydrogen) atoms. The topological polar surface area (TPSA) is 18.5 Å². The van der Waals surface area contributed by atoms with Gasteiger partial charge in [-0.25, -0.2) is 0 Å². The molecule has 0 aromatic carbocycles. The smallest absolute Gasteiger partial charge is 0.0112 e. The minimum Gasteiger partial charge on any atom is -0.317 e. The van der Waals surface area contributed by atoms with E-state index in [0.717, 1.165) is 32.6 Å². The molecule has 0 rings (SSSR count). The fraction of sp³-hybridized carbons (Fsp3) is 0.905. The van der Waals surface area contributed by atoms with Crippen molar-refractivity contribution in [1.29, 1.82) is 0 Å². The summed E-state index contributed by atoms with van der Waals surface area (Å²) < 4.78 is 0. The maximum absolute atomic E-state index is 3.52. The largest absolute Gasteiger partial charge is 0.317 e. The summed E-state index contributed by atoms with van der Waals surface area (Å²) in [6, 6.07) is 1.30. The van der Waals surface area contributed by atoms with Crippen LogP contribution in [0.1, 0.15) is 67.2 Å². The molecule has 3 heteroatoms. The Bertz CT molecular complexity index is 303. The van der Waals surface area contributed by atoms with Crippen LogP contribution in [0.15, 0.2) is 12.2 Å². The van der Waals surface area contributed by atoms with Crippen molar-refractivity contribution in [2.45, 2.75) is 79.3 Å². The SMILES string of the molecule is CC/C=C/C(C)CC(C)N(C)CCN(CC)C(C)CCNCCC. The van der Waals surface area contributed by atoms with Gasteiger partial charge in [0.25, 0.3) is 0 Å². The lowest BCUT2D eigenvalue weighted by molar-refractivity contribution is 0.157. The van der Waals surface area contributed by atoms with Crippen molar-refractivity contribution in [2.24, 2.45) is 5.92 Å². The molecule has 1 N–H and O–H groups in total. The fourth-order valence-electron chi connectivity index (χ4n) is 3.16. The quantitative estimate of drug-likeness (QED) is 0.352. The molecule has 0 aromatic heterocycles. The fourth-order valence-corrected chi connectivity index (χ4v) is 3.16. The van der Waals surface area contributed by atoms with Crippen LogP contribution in [0, 0.1) is 5.92 Å². The highest BCUT2D eigenvalue weighted by Crippen LogP contribution is 2.12. The molecule has 0 fully saturated rings.